The first kappa shape index (κ1) is 19.4. The van der Waals surface area contributed by atoms with Crippen molar-refractivity contribution in [2.75, 3.05) is 31.3 Å². The third kappa shape index (κ3) is 4.69. The van der Waals surface area contributed by atoms with Gasteiger partial charge in [-0.2, -0.15) is 5.10 Å². The maximum absolute atomic E-state index is 12.2. The van der Waals surface area contributed by atoms with Crippen LogP contribution in [0.3, 0.4) is 0 Å². The molecule has 0 unspecified atom stereocenters. The van der Waals surface area contributed by atoms with Gasteiger partial charge in [0.1, 0.15) is 0 Å². The summed E-state index contributed by atoms with van der Waals surface area (Å²) in [5, 5.41) is 10.5. The number of carbonyl (C=O) groups is 2. The predicted octanol–water partition coefficient (Wildman–Crippen LogP) is 3.28. The van der Waals surface area contributed by atoms with Crippen LogP contribution in [0.2, 0.25) is 5.02 Å². The van der Waals surface area contributed by atoms with Gasteiger partial charge in [-0.25, -0.2) is 4.68 Å². The SMILES string of the molecule is CN(C)C(=O)c1cccc(NC(=O)CNc2ccc(-n3cccn3)c(Cl)c2)c1. The van der Waals surface area contributed by atoms with Crippen LogP contribution in [0, 0.1) is 0 Å². The molecule has 0 fully saturated rings. The minimum atomic E-state index is -0.235. The molecule has 0 radical (unpaired) electrons. The second kappa shape index (κ2) is 8.58. The van der Waals surface area contributed by atoms with Gasteiger partial charge in [0, 0.05) is 43.4 Å². The van der Waals surface area contributed by atoms with E-state index in [1.807, 2.05) is 18.2 Å². The fraction of sp³-hybridized carbons (Fsp3) is 0.150. The first-order valence-corrected chi connectivity index (χ1v) is 8.97. The Labute approximate surface area is 167 Å². The Bertz CT molecular complexity index is 986. The highest BCUT2D eigenvalue weighted by molar-refractivity contribution is 6.32. The predicted molar refractivity (Wildman–Crippen MR) is 110 cm³/mol. The molecule has 0 aliphatic carbocycles. The molecule has 2 N–H and O–H groups in total. The van der Waals surface area contributed by atoms with E-state index in [1.165, 1.54) is 4.90 Å². The first-order valence-electron chi connectivity index (χ1n) is 8.59. The average Bonchev–Trinajstić information content (AvgIpc) is 3.20. The van der Waals surface area contributed by atoms with Crippen LogP contribution in [-0.4, -0.2) is 47.1 Å². The maximum Gasteiger partial charge on any atom is 0.253 e. The molecule has 2 amide bonds. The molecule has 3 aromatic rings. The van der Waals surface area contributed by atoms with E-state index in [2.05, 4.69) is 15.7 Å². The van der Waals surface area contributed by atoms with E-state index in [0.29, 0.717) is 22.0 Å². The van der Waals surface area contributed by atoms with Crippen LogP contribution in [0.25, 0.3) is 5.69 Å². The lowest BCUT2D eigenvalue weighted by molar-refractivity contribution is -0.114. The van der Waals surface area contributed by atoms with Gasteiger partial charge in [0.15, 0.2) is 0 Å². The van der Waals surface area contributed by atoms with Crippen molar-refractivity contribution in [2.45, 2.75) is 0 Å². The number of hydrogen-bond donors (Lipinski definition) is 2. The summed E-state index contributed by atoms with van der Waals surface area (Å²) >= 11 is 6.30. The second-order valence-corrected chi connectivity index (χ2v) is 6.71. The summed E-state index contributed by atoms with van der Waals surface area (Å²) in [5.74, 6) is -0.358. The number of rotatable bonds is 6. The monoisotopic (exact) mass is 397 g/mol. The van der Waals surface area contributed by atoms with E-state index < -0.39 is 0 Å². The van der Waals surface area contributed by atoms with E-state index in [9.17, 15) is 9.59 Å². The summed E-state index contributed by atoms with van der Waals surface area (Å²) in [7, 11) is 3.36. The molecule has 0 spiro atoms. The highest BCUT2D eigenvalue weighted by Crippen LogP contribution is 2.23. The third-order valence-electron chi connectivity index (χ3n) is 3.95. The molecule has 8 heteroatoms. The standard InChI is InChI=1S/C20H20ClN5O2/c1-25(2)20(28)14-5-3-6-16(11-14)24-19(27)13-22-15-7-8-18(17(21)12-15)26-10-4-9-23-26/h3-12,22H,13H2,1-2H3,(H,24,27). The molecule has 0 saturated carbocycles. The summed E-state index contributed by atoms with van der Waals surface area (Å²) < 4.78 is 1.67. The van der Waals surface area contributed by atoms with Crippen LogP contribution in [0.1, 0.15) is 10.4 Å². The molecule has 3 rings (SSSR count). The topological polar surface area (TPSA) is 79.3 Å². The summed E-state index contributed by atoms with van der Waals surface area (Å²) in [4.78, 5) is 25.7. The number of aromatic nitrogens is 2. The van der Waals surface area contributed by atoms with Crippen LogP contribution in [0.4, 0.5) is 11.4 Å². The van der Waals surface area contributed by atoms with Crippen LogP contribution in [0.5, 0.6) is 0 Å². The van der Waals surface area contributed by atoms with Gasteiger partial charge in [-0.1, -0.05) is 17.7 Å². The Hall–Kier alpha value is -3.32. The van der Waals surface area contributed by atoms with E-state index >= 15 is 0 Å². The molecule has 144 valence electrons. The molecule has 7 nitrogen and oxygen atoms in total. The summed E-state index contributed by atoms with van der Waals surface area (Å²) in [6, 6.07) is 14.0. The molecule has 0 bridgehead atoms. The first-order chi connectivity index (χ1) is 13.4. The van der Waals surface area contributed by atoms with Crippen LogP contribution >= 0.6 is 11.6 Å². The molecule has 0 aliphatic rings. The zero-order valence-electron chi connectivity index (χ0n) is 15.5. The fourth-order valence-corrected chi connectivity index (χ4v) is 2.86. The lowest BCUT2D eigenvalue weighted by atomic mass is 10.2. The molecule has 0 aliphatic heterocycles. The van der Waals surface area contributed by atoms with E-state index in [1.54, 1.807) is 61.5 Å². The number of halogens is 1. The summed E-state index contributed by atoms with van der Waals surface area (Å²) in [5.41, 5.74) is 2.54. The van der Waals surface area contributed by atoms with Gasteiger partial charge >= 0.3 is 0 Å². The van der Waals surface area contributed by atoms with Gasteiger partial charge in [-0.15, -0.1) is 0 Å². The number of nitrogens with one attached hydrogen (secondary N) is 2. The number of amides is 2. The Morgan fingerprint density at radius 2 is 1.93 bits per heavy atom. The Morgan fingerprint density at radius 3 is 2.61 bits per heavy atom. The van der Waals surface area contributed by atoms with Crippen LogP contribution in [0.15, 0.2) is 60.9 Å². The van der Waals surface area contributed by atoms with Gasteiger partial charge < -0.3 is 15.5 Å². The van der Waals surface area contributed by atoms with Crippen molar-refractivity contribution in [1.82, 2.24) is 14.7 Å². The van der Waals surface area contributed by atoms with Crippen molar-refractivity contribution in [3.05, 3.63) is 71.5 Å². The Balaban J connectivity index is 1.60. The van der Waals surface area contributed by atoms with E-state index in [0.717, 1.165) is 5.69 Å². The zero-order valence-corrected chi connectivity index (χ0v) is 16.3. The molecule has 0 saturated heterocycles. The molecule has 1 heterocycles. The molecule has 28 heavy (non-hydrogen) atoms. The average molecular weight is 398 g/mol. The van der Waals surface area contributed by atoms with Crippen molar-refractivity contribution in [3.63, 3.8) is 0 Å². The quantitative estimate of drug-likeness (QED) is 0.669. The number of benzene rings is 2. The lowest BCUT2D eigenvalue weighted by Crippen LogP contribution is -2.23. The molecular weight excluding hydrogens is 378 g/mol. The molecular formula is C20H20ClN5O2. The van der Waals surface area contributed by atoms with Crippen molar-refractivity contribution in [2.24, 2.45) is 0 Å². The molecule has 2 aromatic carbocycles. The van der Waals surface area contributed by atoms with Gasteiger partial charge in [0.25, 0.3) is 5.91 Å². The molecule has 1 aromatic heterocycles. The minimum Gasteiger partial charge on any atom is -0.376 e. The van der Waals surface area contributed by atoms with Crippen molar-refractivity contribution in [1.29, 1.82) is 0 Å². The maximum atomic E-state index is 12.2. The van der Waals surface area contributed by atoms with Crippen molar-refractivity contribution in [3.8, 4) is 5.69 Å². The zero-order chi connectivity index (χ0) is 20.1. The van der Waals surface area contributed by atoms with Crippen LogP contribution < -0.4 is 10.6 Å². The van der Waals surface area contributed by atoms with Crippen molar-refractivity contribution < 1.29 is 9.59 Å². The molecule has 0 atom stereocenters. The van der Waals surface area contributed by atoms with Gasteiger partial charge in [-0.05, 0) is 42.5 Å². The number of anilines is 2. The number of carbonyl (C=O) groups excluding carboxylic acids is 2. The van der Waals surface area contributed by atoms with Gasteiger partial charge in [0.05, 0.1) is 17.3 Å². The lowest BCUT2D eigenvalue weighted by Gasteiger charge is -2.12. The Kier molecular flexibility index (Phi) is 5.96. The summed E-state index contributed by atoms with van der Waals surface area (Å²) in [6.45, 7) is 0.0588. The van der Waals surface area contributed by atoms with Crippen LogP contribution in [-0.2, 0) is 4.79 Å². The smallest absolute Gasteiger partial charge is 0.253 e. The fourth-order valence-electron chi connectivity index (χ4n) is 2.59. The van der Waals surface area contributed by atoms with Gasteiger partial charge in [0.2, 0.25) is 5.91 Å². The number of nitrogens with zero attached hydrogens (tertiary/aromatic N) is 3. The highest BCUT2D eigenvalue weighted by Gasteiger charge is 2.10. The van der Waals surface area contributed by atoms with E-state index in [4.69, 9.17) is 11.6 Å². The number of hydrogen-bond acceptors (Lipinski definition) is 4. The van der Waals surface area contributed by atoms with Gasteiger partial charge in [-0.3, -0.25) is 9.59 Å². The second-order valence-electron chi connectivity index (χ2n) is 6.30. The summed E-state index contributed by atoms with van der Waals surface area (Å²) in [6.07, 6.45) is 3.48. The Morgan fingerprint density at radius 1 is 1.11 bits per heavy atom. The van der Waals surface area contributed by atoms with E-state index in [-0.39, 0.29) is 18.4 Å². The highest BCUT2D eigenvalue weighted by atomic mass is 35.5. The van der Waals surface area contributed by atoms with Crippen molar-refractivity contribution >= 4 is 34.8 Å². The third-order valence-corrected chi connectivity index (χ3v) is 4.25. The normalized spacial score (nSPS) is 10.4. The largest absolute Gasteiger partial charge is 0.376 e. The minimum absolute atomic E-state index is 0.0588.